The van der Waals surface area contributed by atoms with Crippen LogP contribution in [0.25, 0.3) is 0 Å². The maximum atomic E-state index is 13.1. The zero-order chi connectivity index (χ0) is 20.4. The quantitative estimate of drug-likeness (QED) is 0.739. The summed E-state index contributed by atoms with van der Waals surface area (Å²) in [5.41, 5.74) is 0.702. The number of likely N-dealkylation sites (N-methyl/N-ethyl adjacent to an activating group) is 1. The number of aliphatic hydroxyl groups excluding tert-OH is 1. The predicted octanol–water partition coefficient (Wildman–Crippen LogP) is 2.74. The summed E-state index contributed by atoms with van der Waals surface area (Å²) in [5, 5.41) is 10.6. The van der Waals surface area contributed by atoms with E-state index in [-0.39, 0.29) is 11.3 Å². The second-order valence-electron chi connectivity index (χ2n) is 6.98. The SMILES string of the molecule is COc1cccc([C@@H]2C(C(=O)c3ccc(C)o3)=C(O)C(=O)N2CCN(C)C)c1. The summed E-state index contributed by atoms with van der Waals surface area (Å²) in [7, 11) is 5.34. The number of aryl methyl sites for hydroxylation is 1. The lowest BCUT2D eigenvalue weighted by atomic mass is 9.95. The van der Waals surface area contributed by atoms with Gasteiger partial charge in [0.2, 0.25) is 5.78 Å². The number of hydrogen-bond acceptors (Lipinski definition) is 6. The van der Waals surface area contributed by atoms with Gasteiger partial charge in [-0.05, 0) is 50.8 Å². The molecule has 148 valence electrons. The number of hydrogen-bond donors (Lipinski definition) is 1. The fourth-order valence-electron chi connectivity index (χ4n) is 3.27. The van der Waals surface area contributed by atoms with E-state index < -0.39 is 23.5 Å². The Morgan fingerprint density at radius 3 is 2.64 bits per heavy atom. The fourth-order valence-corrected chi connectivity index (χ4v) is 3.27. The number of nitrogens with zero attached hydrogens (tertiary/aromatic N) is 2. The lowest BCUT2D eigenvalue weighted by Gasteiger charge is -2.28. The van der Waals surface area contributed by atoms with Crippen LogP contribution in [-0.2, 0) is 4.79 Å². The van der Waals surface area contributed by atoms with Crippen LogP contribution in [0, 0.1) is 6.92 Å². The lowest BCUT2D eigenvalue weighted by molar-refractivity contribution is -0.129. The lowest BCUT2D eigenvalue weighted by Crippen LogP contribution is -2.36. The van der Waals surface area contributed by atoms with E-state index in [4.69, 9.17) is 9.15 Å². The van der Waals surface area contributed by atoms with Gasteiger partial charge in [0.05, 0.1) is 18.7 Å². The molecule has 1 aliphatic rings. The number of carbonyl (C=O) groups is 2. The van der Waals surface area contributed by atoms with E-state index in [1.165, 1.54) is 4.90 Å². The van der Waals surface area contributed by atoms with Crippen LogP contribution in [0.4, 0.5) is 0 Å². The Bertz CT molecular complexity index is 928. The van der Waals surface area contributed by atoms with Gasteiger partial charge in [0.15, 0.2) is 11.5 Å². The molecule has 1 aromatic heterocycles. The van der Waals surface area contributed by atoms with Crippen molar-refractivity contribution < 1.29 is 23.8 Å². The van der Waals surface area contributed by atoms with Crippen molar-refractivity contribution in [2.75, 3.05) is 34.3 Å². The average molecular weight is 384 g/mol. The molecule has 3 rings (SSSR count). The average Bonchev–Trinajstić information content (AvgIpc) is 3.21. The van der Waals surface area contributed by atoms with Crippen LogP contribution in [0.15, 0.2) is 52.1 Å². The molecule has 7 nitrogen and oxygen atoms in total. The fraction of sp³-hybridized carbons (Fsp3) is 0.333. The molecule has 0 fully saturated rings. The number of benzene rings is 1. The molecule has 0 spiro atoms. The molecule has 0 aliphatic carbocycles. The third-order valence-corrected chi connectivity index (χ3v) is 4.71. The van der Waals surface area contributed by atoms with Crippen molar-refractivity contribution in [3.8, 4) is 5.75 Å². The Morgan fingerprint density at radius 2 is 2.04 bits per heavy atom. The molecule has 1 N–H and O–H groups in total. The van der Waals surface area contributed by atoms with E-state index >= 15 is 0 Å². The summed E-state index contributed by atoms with van der Waals surface area (Å²) < 4.78 is 10.7. The first-order chi connectivity index (χ1) is 13.3. The summed E-state index contributed by atoms with van der Waals surface area (Å²) >= 11 is 0. The number of amides is 1. The molecule has 28 heavy (non-hydrogen) atoms. The number of Topliss-reactive ketones (excluding diaryl/α,β-unsaturated/α-hetero) is 1. The van der Waals surface area contributed by atoms with E-state index in [0.29, 0.717) is 30.2 Å². The normalized spacial score (nSPS) is 17.0. The molecule has 1 aromatic carbocycles. The van der Waals surface area contributed by atoms with Gasteiger partial charge in [-0.15, -0.1) is 0 Å². The highest BCUT2D eigenvalue weighted by Crippen LogP contribution is 2.39. The van der Waals surface area contributed by atoms with Gasteiger partial charge >= 0.3 is 0 Å². The van der Waals surface area contributed by atoms with Crippen molar-refractivity contribution >= 4 is 11.7 Å². The Balaban J connectivity index is 2.07. The molecular weight excluding hydrogens is 360 g/mol. The summed E-state index contributed by atoms with van der Waals surface area (Å²) in [5.74, 6) is -0.333. The summed E-state index contributed by atoms with van der Waals surface area (Å²) in [6.45, 7) is 2.67. The molecular formula is C21H24N2O5. The van der Waals surface area contributed by atoms with Gasteiger partial charge in [0.25, 0.3) is 5.91 Å². The Kier molecular flexibility index (Phi) is 5.56. The van der Waals surface area contributed by atoms with Gasteiger partial charge in [-0.3, -0.25) is 9.59 Å². The van der Waals surface area contributed by atoms with Crippen LogP contribution < -0.4 is 4.74 Å². The molecule has 1 amide bonds. The van der Waals surface area contributed by atoms with E-state index in [9.17, 15) is 14.7 Å². The Hall–Kier alpha value is -3.06. The van der Waals surface area contributed by atoms with Gasteiger partial charge in [-0.1, -0.05) is 12.1 Å². The van der Waals surface area contributed by atoms with Gasteiger partial charge in [0.1, 0.15) is 11.5 Å². The minimum Gasteiger partial charge on any atom is -0.503 e. The van der Waals surface area contributed by atoms with E-state index in [2.05, 4.69) is 0 Å². The van der Waals surface area contributed by atoms with Crippen LogP contribution in [-0.4, -0.2) is 60.9 Å². The molecule has 0 unspecified atom stereocenters. The highest BCUT2D eigenvalue weighted by Gasteiger charge is 2.44. The smallest absolute Gasteiger partial charge is 0.290 e. The van der Waals surface area contributed by atoms with Crippen LogP contribution in [0.5, 0.6) is 5.75 Å². The highest BCUT2D eigenvalue weighted by molar-refractivity contribution is 6.15. The van der Waals surface area contributed by atoms with Crippen molar-refractivity contribution in [3.05, 3.63) is 64.8 Å². The number of rotatable bonds is 7. The van der Waals surface area contributed by atoms with Gasteiger partial charge < -0.3 is 24.1 Å². The number of carbonyl (C=O) groups excluding carboxylic acids is 2. The van der Waals surface area contributed by atoms with E-state index in [1.807, 2.05) is 25.1 Å². The molecule has 0 radical (unpaired) electrons. The predicted molar refractivity (Wildman–Crippen MR) is 103 cm³/mol. The number of methoxy groups -OCH3 is 1. The van der Waals surface area contributed by atoms with Crippen molar-refractivity contribution in [1.29, 1.82) is 0 Å². The van der Waals surface area contributed by atoms with E-state index in [1.54, 1.807) is 44.4 Å². The first kappa shape index (κ1) is 19.7. The van der Waals surface area contributed by atoms with Crippen LogP contribution >= 0.6 is 0 Å². The summed E-state index contributed by atoms with van der Waals surface area (Å²) in [4.78, 5) is 29.3. The zero-order valence-electron chi connectivity index (χ0n) is 16.4. The first-order valence-electron chi connectivity index (χ1n) is 8.97. The van der Waals surface area contributed by atoms with Gasteiger partial charge in [0, 0.05) is 13.1 Å². The van der Waals surface area contributed by atoms with Crippen LogP contribution in [0.2, 0.25) is 0 Å². The molecule has 1 atom stereocenters. The number of ether oxygens (including phenoxy) is 1. The van der Waals surface area contributed by atoms with E-state index in [0.717, 1.165) is 0 Å². The third-order valence-electron chi connectivity index (χ3n) is 4.71. The van der Waals surface area contributed by atoms with Crippen LogP contribution in [0.3, 0.4) is 0 Å². The highest BCUT2D eigenvalue weighted by atomic mass is 16.5. The van der Waals surface area contributed by atoms with Crippen molar-refractivity contribution in [1.82, 2.24) is 9.80 Å². The molecule has 2 aromatic rings. The number of ketones is 1. The molecule has 2 heterocycles. The minimum absolute atomic E-state index is 0.0198. The molecule has 7 heteroatoms. The molecule has 0 bridgehead atoms. The molecule has 0 saturated carbocycles. The topological polar surface area (TPSA) is 83.2 Å². The largest absolute Gasteiger partial charge is 0.503 e. The standard InChI is InChI=1S/C21H24N2O5/c1-13-8-9-16(28-13)19(24)17-18(14-6-5-7-15(12-14)27-4)23(11-10-22(2)3)21(26)20(17)25/h5-9,12,18,25H,10-11H2,1-4H3/t18-/m1/s1. The van der Waals surface area contributed by atoms with Crippen molar-refractivity contribution in [2.45, 2.75) is 13.0 Å². The maximum Gasteiger partial charge on any atom is 0.290 e. The maximum absolute atomic E-state index is 13.1. The van der Waals surface area contributed by atoms with Gasteiger partial charge in [-0.2, -0.15) is 0 Å². The van der Waals surface area contributed by atoms with Gasteiger partial charge in [-0.25, -0.2) is 0 Å². The first-order valence-corrected chi connectivity index (χ1v) is 8.97. The molecule has 0 saturated heterocycles. The number of furan rings is 1. The molecule has 1 aliphatic heterocycles. The Labute approximate surface area is 163 Å². The third kappa shape index (κ3) is 3.66. The monoisotopic (exact) mass is 384 g/mol. The van der Waals surface area contributed by atoms with Crippen molar-refractivity contribution in [2.24, 2.45) is 0 Å². The second kappa shape index (κ2) is 7.90. The zero-order valence-corrected chi connectivity index (χ0v) is 16.4. The Morgan fingerprint density at radius 1 is 1.29 bits per heavy atom. The minimum atomic E-state index is -0.722. The second-order valence-corrected chi connectivity index (χ2v) is 6.98. The number of aliphatic hydroxyl groups is 1. The summed E-state index contributed by atoms with van der Waals surface area (Å²) in [6, 6.07) is 9.64. The van der Waals surface area contributed by atoms with Crippen molar-refractivity contribution in [3.63, 3.8) is 0 Å². The summed E-state index contributed by atoms with van der Waals surface area (Å²) in [6.07, 6.45) is 0. The van der Waals surface area contributed by atoms with Crippen LogP contribution in [0.1, 0.15) is 27.9 Å².